The highest BCUT2D eigenvalue weighted by Crippen LogP contribution is 2.23. The van der Waals surface area contributed by atoms with Gasteiger partial charge in [0, 0.05) is 18.9 Å². The highest BCUT2D eigenvalue weighted by Gasteiger charge is 2.30. The van der Waals surface area contributed by atoms with Gasteiger partial charge in [-0.3, -0.25) is 14.7 Å². The van der Waals surface area contributed by atoms with Crippen molar-refractivity contribution in [2.24, 2.45) is 0 Å². The minimum atomic E-state index is -0.712. The van der Waals surface area contributed by atoms with Gasteiger partial charge in [0.05, 0.1) is 0 Å². The molecule has 4 nitrogen and oxygen atoms in total. The van der Waals surface area contributed by atoms with Crippen LogP contribution in [0.2, 0.25) is 0 Å². The molecule has 2 aromatic rings. The molecule has 1 aliphatic rings. The van der Waals surface area contributed by atoms with Crippen molar-refractivity contribution in [1.82, 2.24) is 9.88 Å². The van der Waals surface area contributed by atoms with Gasteiger partial charge in [-0.2, -0.15) is 0 Å². The van der Waals surface area contributed by atoms with Crippen LogP contribution in [0, 0.1) is 0 Å². The highest BCUT2D eigenvalue weighted by atomic mass is 16.4. The lowest BCUT2D eigenvalue weighted by molar-refractivity contribution is -0.142. The average Bonchev–Trinajstić information content (AvgIpc) is 2.97. The number of benzene rings is 1. The van der Waals surface area contributed by atoms with Gasteiger partial charge in [0.2, 0.25) is 0 Å². The summed E-state index contributed by atoms with van der Waals surface area (Å²) < 4.78 is 0. The largest absolute Gasteiger partial charge is 0.480 e. The van der Waals surface area contributed by atoms with E-state index in [9.17, 15) is 9.90 Å². The van der Waals surface area contributed by atoms with E-state index < -0.39 is 5.97 Å². The topological polar surface area (TPSA) is 53.4 Å². The zero-order valence-corrected chi connectivity index (χ0v) is 11.8. The van der Waals surface area contributed by atoms with Gasteiger partial charge in [-0.15, -0.1) is 0 Å². The summed E-state index contributed by atoms with van der Waals surface area (Å²) in [6.45, 7) is 1.54. The van der Waals surface area contributed by atoms with Crippen LogP contribution < -0.4 is 0 Å². The fourth-order valence-corrected chi connectivity index (χ4v) is 2.91. The molecule has 0 radical (unpaired) electrons. The summed E-state index contributed by atoms with van der Waals surface area (Å²) in [6.07, 6.45) is 5.31. The molecule has 1 aliphatic heterocycles. The van der Waals surface area contributed by atoms with Crippen LogP contribution in [0.1, 0.15) is 18.4 Å². The van der Waals surface area contributed by atoms with Crippen molar-refractivity contribution < 1.29 is 9.90 Å². The Bertz CT molecular complexity index is 628. The maximum Gasteiger partial charge on any atom is 0.320 e. The summed E-state index contributed by atoms with van der Waals surface area (Å²) in [4.78, 5) is 17.4. The van der Waals surface area contributed by atoms with Crippen LogP contribution in [-0.4, -0.2) is 33.5 Å². The van der Waals surface area contributed by atoms with Gasteiger partial charge < -0.3 is 5.11 Å². The van der Waals surface area contributed by atoms with Gasteiger partial charge >= 0.3 is 5.97 Å². The number of carboxylic acid groups (broad SMARTS) is 1. The van der Waals surface area contributed by atoms with Crippen molar-refractivity contribution in [1.29, 1.82) is 0 Å². The second-order valence-corrected chi connectivity index (χ2v) is 5.41. The van der Waals surface area contributed by atoms with E-state index in [0.29, 0.717) is 6.54 Å². The number of likely N-dealkylation sites (tertiary alicyclic amines) is 1. The van der Waals surface area contributed by atoms with Crippen molar-refractivity contribution in [3.8, 4) is 11.1 Å². The first-order valence-electron chi connectivity index (χ1n) is 7.20. The van der Waals surface area contributed by atoms with Gasteiger partial charge in [0.15, 0.2) is 0 Å². The molecular weight excluding hydrogens is 264 g/mol. The molecule has 2 heterocycles. The molecule has 0 spiro atoms. The zero-order chi connectivity index (χ0) is 14.7. The van der Waals surface area contributed by atoms with E-state index in [1.165, 1.54) is 0 Å². The van der Waals surface area contributed by atoms with Crippen molar-refractivity contribution in [3.63, 3.8) is 0 Å². The number of aliphatic carboxylic acids is 1. The number of nitrogens with zero attached hydrogens (tertiary/aromatic N) is 2. The van der Waals surface area contributed by atoms with Crippen LogP contribution >= 0.6 is 0 Å². The lowest BCUT2D eigenvalue weighted by Crippen LogP contribution is -2.35. The molecule has 1 unspecified atom stereocenters. The number of carbonyl (C=O) groups is 1. The number of carboxylic acids is 1. The minimum absolute atomic E-state index is 0.341. The number of aromatic nitrogens is 1. The Morgan fingerprint density at radius 3 is 2.90 bits per heavy atom. The monoisotopic (exact) mass is 282 g/mol. The van der Waals surface area contributed by atoms with Crippen LogP contribution in [0.15, 0.2) is 48.8 Å². The summed E-state index contributed by atoms with van der Waals surface area (Å²) >= 11 is 0. The van der Waals surface area contributed by atoms with Crippen LogP contribution in [0.25, 0.3) is 11.1 Å². The summed E-state index contributed by atoms with van der Waals surface area (Å²) in [5, 5.41) is 9.24. The first kappa shape index (κ1) is 13.8. The van der Waals surface area contributed by atoms with Crippen LogP contribution in [0.3, 0.4) is 0 Å². The SMILES string of the molecule is O=C(O)C1CCCN1Cc1cccc(-c2cccnc2)c1. The predicted molar refractivity (Wildman–Crippen MR) is 80.7 cm³/mol. The van der Waals surface area contributed by atoms with E-state index >= 15 is 0 Å². The maximum absolute atomic E-state index is 11.2. The van der Waals surface area contributed by atoms with Crippen molar-refractivity contribution in [3.05, 3.63) is 54.4 Å². The van der Waals surface area contributed by atoms with Gasteiger partial charge in [-0.25, -0.2) is 0 Å². The molecule has 1 aromatic carbocycles. The number of rotatable bonds is 4. The Labute approximate surface area is 124 Å². The molecule has 0 aliphatic carbocycles. The van der Waals surface area contributed by atoms with Crippen molar-refractivity contribution in [2.45, 2.75) is 25.4 Å². The summed E-state index contributed by atoms with van der Waals surface area (Å²) in [5.74, 6) is -0.712. The van der Waals surface area contributed by atoms with Gasteiger partial charge in [0.1, 0.15) is 6.04 Å². The lowest BCUT2D eigenvalue weighted by Gasteiger charge is -2.21. The molecule has 3 rings (SSSR count). The van der Waals surface area contributed by atoms with E-state index in [1.807, 2.05) is 29.3 Å². The van der Waals surface area contributed by atoms with E-state index in [-0.39, 0.29) is 6.04 Å². The molecule has 1 aromatic heterocycles. The molecule has 1 atom stereocenters. The Kier molecular flexibility index (Phi) is 3.97. The third kappa shape index (κ3) is 3.11. The standard InChI is InChI=1S/C17H18N2O2/c20-17(21)16-7-3-9-19(16)12-13-4-1-5-14(10-13)15-6-2-8-18-11-15/h1-2,4-6,8,10-11,16H,3,7,9,12H2,(H,20,21). The summed E-state index contributed by atoms with van der Waals surface area (Å²) in [7, 11) is 0. The Balaban J connectivity index is 1.79. The van der Waals surface area contributed by atoms with Crippen molar-refractivity contribution >= 4 is 5.97 Å². The third-order valence-electron chi connectivity index (χ3n) is 3.96. The van der Waals surface area contributed by atoms with Gasteiger partial charge in [0.25, 0.3) is 0 Å². The Morgan fingerprint density at radius 2 is 2.14 bits per heavy atom. The lowest BCUT2D eigenvalue weighted by atomic mass is 10.0. The summed E-state index contributed by atoms with van der Waals surface area (Å²) in [5.41, 5.74) is 3.34. The predicted octanol–water partition coefficient (Wildman–Crippen LogP) is 2.80. The zero-order valence-electron chi connectivity index (χ0n) is 11.8. The molecule has 21 heavy (non-hydrogen) atoms. The second-order valence-electron chi connectivity index (χ2n) is 5.41. The number of pyridine rings is 1. The van der Waals surface area contributed by atoms with Crippen LogP contribution in [-0.2, 0) is 11.3 Å². The first-order chi connectivity index (χ1) is 10.2. The Hall–Kier alpha value is -2.20. The van der Waals surface area contributed by atoms with E-state index in [0.717, 1.165) is 36.1 Å². The van der Waals surface area contributed by atoms with Crippen LogP contribution in [0.4, 0.5) is 0 Å². The highest BCUT2D eigenvalue weighted by molar-refractivity contribution is 5.73. The van der Waals surface area contributed by atoms with E-state index in [1.54, 1.807) is 6.20 Å². The number of hydrogen-bond donors (Lipinski definition) is 1. The quantitative estimate of drug-likeness (QED) is 0.937. The van der Waals surface area contributed by atoms with Crippen LogP contribution in [0.5, 0.6) is 0 Å². The molecular formula is C17H18N2O2. The van der Waals surface area contributed by atoms with Gasteiger partial charge in [-0.05, 0) is 48.2 Å². The normalized spacial score (nSPS) is 18.8. The molecule has 4 heteroatoms. The second kappa shape index (κ2) is 6.06. The minimum Gasteiger partial charge on any atom is -0.480 e. The Morgan fingerprint density at radius 1 is 1.29 bits per heavy atom. The average molecular weight is 282 g/mol. The molecule has 1 saturated heterocycles. The van der Waals surface area contributed by atoms with Crippen molar-refractivity contribution in [2.75, 3.05) is 6.54 Å². The summed E-state index contributed by atoms with van der Waals surface area (Å²) in [6, 6.07) is 11.9. The molecule has 108 valence electrons. The third-order valence-corrected chi connectivity index (χ3v) is 3.96. The maximum atomic E-state index is 11.2. The first-order valence-corrected chi connectivity index (χ1v) is 7.20. The fourth-order valence-electron chi connectivity index (χ4n) is 2.91. The molecule has 0 bridgehead atoms. The fraction of sp³-hybridized carbons (Fsp3) is 0.294. The van der Waals surface area contributed by atoms with E-state index in [4.69, 9.17) is 0 Å². The smallest absolute Gasteiger partial charge is 0.320 e. The molecule has 1 N–H and O–H groups in total. The molecule has 1 fully saturated rings. The van der Waals surface area contributed by atoms with E-state index in [2.05, 4.69) is 23.2 Å². The van der Waals surface area contributed by atoms with Gasteiger partial charge in [-0.1, -0.05) is 24.3 Å². The molecule has 0 amide bonds. The molecule has 0 saturated carbocycles. The number of hydrogen-bond acceptors (Lipinski definition) is 3.